The van der Waals surface area contributed by atoms with Crippen LogP contribution in [0.2, 0.25) is 0 Å². The van der Waals surface area contributed by atoms with Gasteiger partial charge in [0, 0.05) is 11.3 Å². The molecule has 1 N–H and O–H groups in total. The summed E-state index contributed by atoms with van der Waals surface area (Å²) in [6.45, 7) is 0. The Morgan fingerprint density at radius 3 is 2.64 bits per heavy atom. The summed E-state index contributed by atoms with van der Waals surface area (Å²) in [6.07, 6.45) is 5.42. The van der Waals surface area contributed by atoms with Crippen molar-refractivity contribution >= 4 is 22.6 Å². The average molecular weight is 350 g/mol. The first-order chi connectivity index (χ1) is 12.3. The highest BCUT2D eigenvalue weighted by atomic mass is 32.2. The maximum atomic E-state index is 5.31. The van der Waals surface area contributed by atoms with Gasteiger partial charge < -0.3 is 10.1 Å². The number of aliphatic imine (C=N–C) groups is 1. The van der Waals surface area contributed by atoms with Crippen LogP contribution in [0.25, 0.3) is 5.70 Å². The van der Waals surface area contributed by atoms with Crippen LogP contribution in [-0.4, -0.2) is 18.5 Å². The molecule has 128 valence electrons. The number of aryl methyl sites for hydroxylation is 1. The number of ether oxygens (including phenoxy) is 1. The summed E-state index contributed by atoms with van der Waals surface area (Å²) in [5.41, 5.74) is 6.63. The average Bonchev–Trinajstić information content (AvgIpc) is 2.87. The number of rotatable bonds is 2. The lowest BCUT2D eigenvalue weighted by Crippen LogP contribution is -2.27. The van der Waals surface area contributed by atoms with E-state index in [0.717, 1.165) is 30.2 Å². The molecule has 1 aliphatic heterocycles. The summed E-state index contributed by atoms with van der Waals surface area (Å²) in [6, 6.07) is 17.1. The standard InChI is InChI=1S/C21H22N2OS/c1-24-16-12-10-15(11-13-16)19-18-9-5-7-14-6-3-4-8-17(14)20(18)23-21(22-19)25-2/h3-4,6,8,10-13,19H,5,7,9H2,1-2H3,(H,22,23). The van der Waals surface area contributed by atoms with Crippen molar-refractivity contribution in [1.82, 2.24) is 5.32 Å². The van der Waals surface area contributed by atoms with Gasteiger partial charge in [0.1, 0.15) is 11.8 Å². The van der Waals surface area contributed by atoms with Crippen LogP contribution >= 0.6 is 11.8 Å². The highest BCUT2D eigenvalue weighted by Crippen LogP contribution is 2.41. The molecular weight excluding hydrogens is 328 g/mol. The van der Waals surface area contributed by atoms with E-state index in [0.29, 0.717) is 0 Å². The number of hydrogen-bond donors (Lipinski definition) is 1. The summed E-state index contributed by atoms with van der Waals surface area (Å²) in [4.78, 5) is 4.99. The Morgan fingerprint density at radius 2 is 1.88 bits per heavy atom. The van der Waals surface area contributed by atoms with E-state index in [4.69, 9.17) is 9.73 Å². The van der Waals surface area contributed by atoms with Crippen LogP contribution in [0.1, 0.15) is 35.6 Å². The van der Waals surface area contributed by atoms with Crippen LogP contribution in [0.15, 0.2) is 59.1 Å². The van der Waals surface area contributed by atoms with Gasteiger partial charge in [-0.2, -0.15) is 0 Å². The first-order valence-electron chi connectivity index (χ1n) is 8.64. The zero-order valence-corrected chi connectivity index (χ0v) is 15.4. The highest BCUT2D eigenvalue weighted by Gasteiger charge is 2.28. The number of methoxy groups -OCH3 is 1. The number of nitrogens with one attached hydrogen (secondary N) is 1. The number of nitrogens with zero attached hydrogens (tertiary/aromatic N) is 1. The molecule has 4 heteroatoms. The third-order valence-corrected chi connectivity index (χ3v) is 5.53. The molecule has 1 atom stereocenters. The highest BCUT2D eigenvalue weighted by molar-refractivity contribution is 8.13. The smallest absolute Gasteiger partial charge is 0.161 e. The molecule has 1 heterocycles. The van der Waals surface area contributed by atoms with Crippen molar-refractivity contribution in [2.24, 2.45) is 4.99 Å². The van der Waals surface area contributed by atoms with Gasteiger partial charge in [-0.25, -0.2) is 4.99 Å². The van der Waals surface area contributed by atoms with Gasteiger partial charge in [-0.05, 0) is 54.4 Å². The molecule has 0 radical (unpaired) electrons. The number of amidine groups is 1. The maximum absolute atomic E-state index is 5.31. The minimum absolute atomic E-state index is 0.0794. The van der Waals surface area contributed by atoms with E-state index in [9.17, 15) is 0 Å². The first kappa shape index (κ1) is 16.3. The Bertz CT molecular complexity index is 839. The second-order valence-electron chi connectivity index (χ2n) is 6.35. The molecule has 0 spiro atoms. The summed E-state index contributed by atoms with van der Waals surface area (Å²) in [7, 11) is 1.70. The minimum atomic E-state index is 0.0794. The Kier molecular flexibility index (Phi) is 4.53. The van der Waals surface area contributed by atoms with Gasteiger partial charge in [0.25, 0.3) is 0 Å². The van der Waals surface area contributed by atoms with Crippen molar-refractivity contribution < 1.29 is 4.74 Å². The van der Waals surface area contributed by atoms with Crippen LogP contribution < -0.4 is 10.1 Å². The van der Waals surface area contributed by atoms with Crippen molar-refractivity contribution in [3.63, 3.8) is 0 Å². The Morgan fingerprint density at radius 1 is 1.08 bits per heavy atom. The lowest BCUT2D eigenvalue weighted by atomic mass is 9.92. The molecule has 0 fully saturated rings. The van der Waals surface area contributed by atoms with Crippen molar-refractivity contribution in [1.29, 1.82) is 0 Å². The normalized spacial score (nSPS) is 19.3. The largest absolute Gasteiger partial charge is 0.497 e. The lowest BCUT2D eigenvalue weighted by molar-refractivity contribution is 0.414. The monoisotopic (exact) mass is 350 g/mol. The van der Waals surface area contributed by atoms with E-state index < -0.39 is 0 Å². The van der Waals surface area contributed by atoms with Gasteiger partial charge in [0.05, 0.1) is 7.11 Å². The molecule has 0 aromatic heterocycles. The number of benzene rings is 2. The Labute approximate surface area is 153 Å². The molecule has 2 aromatic carbocycles. The minimum Gasteiger partial charge on any atom is -0.497 e. The molecule has 0 amide bonds. The third-order valence-electron chi connectivity index (χ3n) is 4.93. The summed E-state index contributed by atoms with van der Waals surface area (Å²) < 4.78 is 5.31. The predicted molar refractivity (Wildman–Crippen MR) is 106 cm³/mol. The second-order valence-corrected chi connectivity index (χ2v) is 7.14. The zero-order chi connectivity index (χ0) is 17.2. The lowest BCUT2D eigenvalue weighted by Gasteiger charge is -2.28. The van der Waals surface area contributed by atoms with Crippen LogP contribution in [-0.2, 0) is 6.42 Å². The molecule has 2 aromatic rings. The molecule has 0 saturated carbocycles. The fraction of sp³-hybridized carbons (Fsp3) is 0.286. The first-order valence-corrected chi connectivity index (χ1v) is 9.86. The molecule has 0 bridgehead atoms. The summed E-state index contributed by atoms with van der Waals surface area (Å²) in [5.74, 6) is 0.882. The van der Waals surface area contributed by atoms with Gasteiger partial charge in [-0.3, -0.25) is 0 Å². The molecule has 1 aliphatic carbocycles. The fourth-order valence-electron chi connectivity index (χ4n) is 3.67. The SMILES string of the molecule is COc1ccc(C2N=C(SC)NC3=C2CCCc2ccccc23)cc1. The molecule has 4 rings (SSSR count). The molecule has 2 aliphatic rings. The van der Waals surface area contributed by atoms with Crippen LogP contribution in [0.4, 0.5) is 0 Å². The topological polar surface area (TPSA) is 33.6 Å². The zero-order valence-electron chi connectivity index (χ0n) is 14.6. The van der Waals surface area contributed by atoms with E-state index in [-0.39, 0.29) is 6.04 Å². The fourth-order valence-corrected chi connectivity index (χ4v) is 4.09. The van der Waals surface area contributed by atoms with Crippen molar-refractivity contribution in [3.05, 3.63) is 70.8 Å². The van der Waals surface area contributed by atoms with Gasteiger partial charge >= 0.3 is 0 Å². The van der Waals surface area contributed by atoms with Gasteiger partial charge in [-0.15, -0.1) is 0 Å². The van der Waals surface area contributed by atoms with Crippen molar-refractivity contribution in [2.75, 3.05) is 13.4 Å². The van der Waals surface area contributed by atoms with Crippen LogP contribution in [0.3, 0.4) is 0 Å². The van der Waals surface area contributed by atoms with Crippen LogP contribution in [0.5, 0.6) is 5.75 Å². The van der Waals surface area contributed by atoms with E-state index in [1.165, 1.54) is 28.0 Å². The molecule has 25 heavy (non-hydrogen) atoms. The number of thioether (sulfide) groups is 1. The number of fused-ring (bicyclic) bond motifs is 2. The second kappa shape index (κ2) is 6.96. The third kappa shape index (κ3) is 3.07. The molecule has 1 unspecified atom stereocenters. The van der Waals surface area contributed by atoms with E-state index in [2.05, 4.69) is 48.0 Å². The molecule has 3 nitrogen and oxygen atoms in total. The summed E-state index contributed by atoms with van der Waals surface area (Å²) in [5, 5.41) is 4.57. The van der Waals surface area contributed by atoms with Crippen molar-refractivity contribution in [3.8, 4) is 5.75 Å². The van der Waals surface area contributed by atoms with E-state index in [1.54, 1.807) is 18.9 Å². The predicted octanol–water partition coefficient (Wildman–Crippen LogP) is 4.81. The Balaban J connectivity index is 1.83. The van der Waals surface area contributed by atoms with Crippen molar-refractivity contribution in [2.45, 2.75) is 25.3 Å². The van der Waals surface area contributed by atoms with E-state index in [1.807, 2.05) is 12.1 Å². The molecular formula is C21H22N2OS. The summed E-state index contributed by atoms with van der Waals surface area (Å²) >= 11 is 1.67. The van der Waals surface area contributed by atoms with Gasteiger partial charge in [0.2, 0.25) is 0 Å². The number of hydrogen-bond acceptors (Lipinski definition) is 4. The molecule has 0 saturated heterocycles. The van der Waals surface area contributed by atoms with Gasteiger partial charge in [-0.1, -0.05) is 48.2 Å². The maximum Gasteiger partial charge on any atom is 0.161 e. The van der Waals surface area contributed by atoms with E-state index >= 15 is 0 Å². The van der Waals surface area contributed by atoms with Crippen LogP contribution in [0, 0.1) is 0 Å². The Hall–Kier alpha value is -2.20. The quantitative estimate of drug-likeness (QED) is 0.844. The van der Waals surface area contributed by atoms with Gasteiger partial charge in [0.15, 0.2) is 5.17 Å².